The number of aryl methyl sites for hydroxylation is 2. The monoisotopic (exact) mass is 329 g/mol. The van der Waals surface area contributed by atoms with Gasteiger partial charge in [0.25, 0.3) is 0 Å². The van der Waals surface area contributed by atoms with Crippen LogP contribution >= 0.6 is 0 Å². The van der Waals surface area contributed by atoms with Crippen LogP contribution in [0.15, 0.2) is 18.2 Å². The van der Waals surface area contributed by atoms with Gasteiger partial charge in [0.15, 0.2) is 0 Å². The summed E-state index contributed by atoms with van der Waals surface area (Å²) < 4.78 is 5.56. The SMILES string of the molecule is O=C(Cc1ccc2c(c1)CCC2)N1CCC[C@@H]1[C@@H]1COCC[C@H]1O. The van der Waals surface area contributed by atoms with Gasteiger partial charge in [0.2, 0.25) is 5.91 Å². The Morgan fingerprint density at radius 1 is 1.21 bits per heavy atom. The predicted octanol–water partition coefficient (Wildman–Crippen LogP) is 2.11. The summed E-state index contributed by atoms with van der Waals surface area (Å²) in [6, 6.07) is 6.68. The van der Waals surface area contributed by atoms with Crippen LogP contribution in [0.25, 0.3) is 0 Å². The van der Waals surface area contributed by atoms with E-state index in [0.29, 0.717) is 26.1 Å². The van der Waals surface area contributed by atoms with Crippen molar-refractivity contribution in [3.8, 4) is 0 Å². The highest BCUT2D eigenvalue weighted by Gasteiger charge is 2.39. The van der Waals surface area contributed by atoms with Crippen LogP contribution in [0.1, 0.15) is 42.4 Å². The molecule has 2 aliphatic heterocycles. The lowest BCUT2D eigenvalue weighted by atomic mass is 9.89. The fourth-order valence-electron chi connectivity index (χ4n) is 4.67. The molecular weight excluding hydrogens is 302 g/mol. The van der Waals surface area contributed by atoms with E-state index < -0.39 is 0 Å². The van der Waals surface area contributed by atoms with Crippen molar-refractivity contribution in [3.05, 3.63) is 34.9 Å². The molecule has 2 heterocycles. The lowest BCUT2D eigenvalue weighted by Gasteiger charge is -2.37. The van der Waals surface area contributed by atoms with E-state index in [-0.39, 0.29) is 24.0 Å². The Bertz CT molecular complexity index is 615. The highest BCUT2D eigenvalue weighted by Crippen LogP contribution is 2.30. The highest BCUT2D eigenvalue weighted by molar-refractivity contribution is 5.79. The average Bonchev–Trinajstić information content (AvgIpc) is 3.24. The van der Waals surface area contributed by atoms with E-state index in [1.165, 1.54) is 24.0 Å². The van der Waals surface area contributed by atoms with Gasteiger partial charge in [0.1, 0.15) is 0 Å². The van der Waals surface area contributed by atoms with E-state index in [1.54, 1.807) is 0 Å². The molecule has 24 heavy (non-hydrogen) atoms. The standard InChI is InChI=1S/C20H27NO3/c22-19-8-10-24-13-17(19)18-5-2-9-21(18)20(23)12-14-6-7-15-3-1-4-16(15)11-14/h6-7,11,17-19,22H,1-5,8-10,12-13H2/t17-,18+,19+/m0/s1. The molecule has 3 atom stereocenters. The molecule has 0 spiro atoms. The van der Waals surface area contributed by atoms with E-state index in [9.17, 15) is 9.90 Å². The number of likely N-dealkylation sites (tertiary alicyclic amines) is 1. The summed E-state index contributed by atoms with van der Waals surface area (Å²) in [4.78, 5) is 14.9. The number of aliphatic hydroxyl groups is 1. The van der Waals surface area contributed by atoms with Crippen molar-refractivity contribution in [1.29, 1.82) is 0 Å². The van der Waals surface area contributed by atoms with Crippen molar-refractivity contribution < 1.29 is 14.6 Å². The Morgan fingerprint density at radius 2 is 2.08 bits per heavy atom. The normalized spacial score (nSPS) is 29.7. The molecule has 2 fully saturated rings. The zero-order valence-corrected chi connectivity index (χ0v) is 14.2. The van der Waals surface area contributed by atoms with E-state index >= 15 is 0 Å². The molecule has 1 aromatic carbocycles. The van der Waals surface area contributed by atoms with E-state index in [4.69, 9.17) is 4.74 Å². The number of hydrogen-bond acceptors (Lipinski definition) is 3. The van der Waals surface area contributed by atoms with Crippen LogP contribution in [0, 0.1) is 5.92 Å². The number of nitrogens with zero attached hydrogens (tertiary/aromatic N) is 1. The van der Waals surface area contributed by atoms with Crippen LogP contribution in [0.2, 0.25) is 0 Å². The summed E-state index contributed by atoms with van der Waals surface area (Å²) in [5.41, 5.74) is 4.01. The molecule has 1 amide bonds. The molecule has 4 rings (SSSR count). The highest BCUT2D eigenvalue weighted by atomic mass is 16.5. The minimum Gasteiger partial charge on any atom is -0.393 e. The maximum Gasteiger partial charge on any atom is 0.227 e. The zero-order chi connectivity index (χ0) is 16.5. The van der Waals surface area contributed by atoms with Crippen molar-refractivity contribution in [1.82, 2.24) is 4.90 Å². The fourth-order valence-corrected chi connectivity index (χ4v) is 4.67. The molecular formula is C20H27NO3. The number of hydrogen-bond donors (Lipinski definition) is 1. The number of benzene rings is 1. The number of carbonyl (C=O) groups is 1. The van der Waals surface area contributed by atoms with Crippen LogP contribution in [0.3, 0.4) is 0 Å². The molecule has 130 valence electrons. The maximum atomic E-state index is 12.9. The molecule has 3 aliphatic rings. The van der Waals surface area contributed by atoms with Gasteiger partial charge in [-0.15, -0.1) is 0 Å². The number of fused-ring (bicyclic) bond motifs is 1. The Balaban J connectivity index is 1.45. The van der Waals surface area contributed by atoms with Gasteiger partial charge in [0.05, 0.1) is 19.1 Å². The average molecular weight is 329 g/mol. The molecule has 1 N–H and O–H groups in total. The van der Waals surface area contributed by atoms with Crippen molar-refractivity contribution in [3.63, 3.8) is 0 Å². The third-order valence-corrected chi connectivity index (χ3v) is 5.99. The predicted molar refractivity (Wildman–Crippen MR) is 91.8 cm³/mol. The third kappa shape index (κ3) is 3.09. The number of carbonyl (C=O) groups excluding carboxylic acids is 1. The fraction of sp³-hybridized carbons (Fsp3) is 0.650. The van der Waals surface area contributed by atoms with E-state index in [2.05, 4.69) is 18.2 Å². The number of amides is 1. The van der Waals surface area contributed by atoms with E-state index in [1.807, 2.05) is 4.90 Å². The van der Waals surface area contributed by atoms with Crippen LogP contribution < -0.4 is 0 Å². The summed E-state index contributed by atoms with van der Waals surface area (Å²) in [6.45, 7) is 2.03. The topological polar surface area (TPSA) is 49.8 Å². The van der Waals surface area contributed by atoms with Gasteiger partial charge < -0.3 is 14.7 Å². The lowest BCUT2D eigenvalue weighted by Crippen LogP contribution is -2.48. The van der Waals surface area contributed by atoms with Crippen molar-refractivity contribution in [2.75, 3.05) is 19.8 Å². The Labute approximate surface area is 143 Å². The molecule has 1 aromatic rings. The minimum absolute atomic E-state index is 0.0743. The van der Waals surface area contributed by atoms with Gasteiger partial charge >= 0.3 is 0 Å². The smallest absolute Gasteiger partial charge is 0.227 e. The lowest BCUT2D eigenvalue weighted by molar-refractivity contribution is -0.135. The first-order chi connectivity index (χ1) is 11.7. The molecule has 0 saturated carbocycles. The second kappa shape index (κ2) is 6.85. The van der Waals surface area contributed by atoms with Crippen LogP contribution in [-0.2, 0) is 28.8 Å². The third-order valence-electron chi connectivity index (χ3n) is 5.99. The van der Waals surface area contributed by atoms with Crippen LogP contribution in [0.5, 0.6) is 0 Å². The summed E-state index contributed by atoms with van der Waals surface area (Å²) in [7, 11) is 0. The van der Waals surface area contributed by atoms with Crippen molar-refractivity contribution in [2.45, 2.75) is 57.1 Å². The largest absolute Gasteiger partial charge is 0.393 e. The van der Waals surface area contributed by atoms with Gasteiger partial charge in [-0.25, -0.2) is 0 Å². The van der Waals surface area contributed by atoms with Crippen LogP contribution in [0.4, 0.5) is 0 Å². The molecule has 0 radical (unpaired) electrons. The molecule has 4 nitrogen and oxygen atoms in total. The minimum atomic E-state index is -0.336. The van der Waals surface area contributed by atoms with Gasteiger partial charge in [-0.1, -0.05) is 18.2 Å². The van der Waals surface area contributed by atoms with Gasteiger partial charge in [-0.2, -0.15) is 0 Å². The summed E-state index contributed by atoms with van der Waals surface area (Å²) >= 11 is 0. The van der Waals surface area contributed by atoms with Crippen molar-refractivity contribution >= 4 is 5.91 Å². The molecule has 4 heteroatoms. The number of rotatable bonds is 3. The molecule has 2 saturated heterocycles. The summed E-state index contributed by atoms with van der Waals surface area (Å²) in [5.74, 6) is 0.276. The second-order valence-corrected chi connectivity index (χ2v) is 7.52. The number of aliphatic hydroxyl groups excluding tert-OH is 1. The second-order valence-electron chi connectivity index (χ2n) is 7.52. The Morgan fingerprint density at radius 3 is 2.96 bits per heavy atom. The van der Waals surface area contributed by atoms with Gasteiger partial charge in [-0.3, -0.25) is 4.79 Å². The summed E-state index contributed by atoms with van der Waals surface area (Å²) in [5, 5.41) is 10.3. The molecule has 0 bridgehead atoms. The Hall–Kier alpha value is -1.39. The van der Waals surface area contributed by atoms with Crippen molar-refractivity contribution in [2.24, 2.45) is 5.92 Å². The molecule has 1 aliphatic carbocycles. The zero-order valence-electron chi connectivity index (χ0n) is 14.2. The Kier molecular flexibility index (Phi) is 4.59. The van der Waals surface area contributed by atoms with Gasteiger partial charge in [0, 0.05) is 25.1 Å². The first kappa shape index (κ1) is 16.1. The van der Waals surface area contributed by atoms with Crippen LogP contribution in [-0.4, -0.2) is 47.8 Å². The summed E-state index contributed by atoms with van der Waals surface area (Å²) in [6.07, 6.45) is 6.41. The molecule has 0 aromatic heterocycles. The quantitative estimate of drug-likeness (QED) is 0.924. The molecule has 0 unspecified atom stereocenters. The number of ether oxygens (including phenoxy) is 1. The first-order valence-electron chi connectivity index (χ1n) is 9.38. The van der Waals surface area contributed by atoms with Gasteiger partial charge in [-0.05, 0) is 55.2 Å². The first-order valence-corrected chi connectivity index (χ1v) is 9.38. The maximum absolute atomic E-state index is 12.9. The van der Waals surface area contributed by atoms with E-state index in [0.717, 1.165) is 31.4 Å².